The maximum Gasteiger partial charge on any atom is 0.326 e. The van der Waals surface area contributed by atoms with Gasteiger partial charge in [-0.15, -0.1) is 0 Å². The number of ketones is 2. The molecule has 0 bridgehead atoms. The molecule has 65 heavy (non-hydrogen) atoms. The largest absolute Gasteiger partial charge is 0.481 e. The monoisotopic (exact) mass is 924 g/mol. The van der Waals surface area contributed by atoms with Gasteiger partial charge < -0.3 is 46.8 Å². The molecule has 0 saturated carbocycles. The van der Waals surface area contributed by atoms with Crippen LogP contribution < -0.4 is 36.1 Å². The standard InChI is InChI=1S/C47H69N7O10S/c1-34(55)40(23-24-43(58)59)51-46(64)52-41(45(62)63)15-9-11-27-48-42(57)16-7-5-4-6-14-39(56)33-37(44(60)61)13-8-10-28-49-47(65)50-29-12-30-54-31-25-36(26-32-54)18-17-35-19-21-38(22-20-35)53(2)3/h17-22,25-26,31-32,37,40-41H,4-16,23-24,27-30,33H2,1-3H3,(H7-,48,49,50,51,52,57,58,59,60,61,62,63,64,65)/p+1/t37?,40-,41-/m0/s1. The highest BCUT2D eigenvalue weighted by molar-refractivity contribution is 7.80. The molecule has 2 rings (SSSR count). The van der Waals surface area contributed by atoms with Crippen molar-refractivity contribution in [3.05, 3.63) is 59.9 Å². The number of pyridine rings is 1. The number of carbonyl (C=O) groups is 7. The molecule has 8 N–H and O–H groups in total. The molecular formula is C47H70N7O10S+. The van der Waals surface area contributed by atoms with Crippen LogP contribution in [0.15, 0.2) is 48.8 Å². The van der Waals surface area contributed by atoms with Crippen molar-refractivity contribution >= 4 is 76.6 Å². The fourth-order valence-electron chi connectivity index (χ4n) is 6.75. The van der Waals surface area contributed by atoms with E-state index in [1.807, 2.05) is 14.1 Å². The Kier molecular flexibility index (Phi) is 27.1. The van der Waals surface area contributed by atoms with Crippen molar-refractivity contribution in [2.24, 2.45) is 5.92 Å². The minimum Gasteiger partial charge on any atom is -0.481 e. The second-order valence-corrected chi connectivity index (χ2v) is 16.8. The Morgan fingerprint density at radius 1 is 0.646 bits per heavy atom. The lowest BCUT2D eigenvalue weighted by Gasteiger charge is -2.19. The van der Waals surface area contributed by atoms with Crippen LogP contribution in [-0.4, -0.2) is 108 Å². The van der Waals surface area contributed by atoms with Crippen LogP contribution in [0.25, 0.3) is 12.2 Å². The number of carboxylic acid groups (broad SMARTS) is 3. The summed E-state index contributed by atoms with van der Waals surface area (Å²) in [5.74, 6) is -4.77. The highest BCUT2D eigenvalue weighted by Gasteiger charge is 2.24. The summed E-state index contributed by atoms with van der Waals surface area (Å²) < 4.78 is 2.13. The van der Waals surface area contributed by atoms with Crippen LogP contribution in [0.1, 0.15) is 121 Å². The predicted octanol–water partition coefficient (Wildman–Crippen LogP) is 5.10. The Labute approximate surface area is 388 Å². The molecule has 0 radical (unpaired) electrons. The van der Waals surface area contributed by atoms with Gasteiger partial charge in [0.1, 0.15) is 18.4 Å². The number of hydrogen-bond acceptors (Lipinski definition) is 9. The average Bonchev–Trinajstić information content (AvgIpc) is 3.26. The highest BCUT2D eigenvalue weighted by atomic mass is 32.1. The van der Waals surface area contributed by atoms with Crippen LogP contribution in [0.2, 0.25) is 0 Å². The zero-order chi connectivity index (χ0) is 48.0. The summed E-state index contributed by atoms with van der Waals surface area (Å²) in [5, 5.41) is 42.3. The molecule has 1 aromatic heterocycles. The number of thiocarbonyl (C=S) groups is 1. The Balaban J connectivity index is 1.49. The fourth-order valence-corrected chi connectivity index (χ4v) is 6.95. The molecule has 0 aliphatic carbocycles. The zero-order valence-corrected chi connectivity index (χ0v) is 39.0. The molecule has 3 amide bonds. The number of nitrogens with one attached hydrogen (secondary N) is 5. The molecule has 1 heterocycles. The van der Waals surface area contributed by atoms with Crippen molar-refractivity contribution < 1.29 is 53.4 Å². The lowest BCUT2D eigenvalue weighted by molar-refractivity contribution is -0.697. The number of aliphatic carboxylic acids is 3. The van der Waals surface area contributed by atoms with Crippen LogP contribution in [0.4, 0.5) is 10.5 Å². The van der Waals surface area contributed by atoms with E-state index in [4.69, 9.17) is 17.3 Å². The van der Waals surface area contributed by atoms with E-state index in [2.05, 4.69) is 97.0 Å². The number of anilines is 1. The summed E-state index contributed by atoms with van der Waals surface area (Å²) in [6.07, 6.45) is 14.8. The van der Waals surface area contributed by atoms with E-state index in [1.165, 1.54) is 6.92 Å². The Morgan fingerprint density at radius 2 is 1.22 bits per heavy atom. The molecule has 2 aromatic rings. The molecule has 0 spiro atoms. The third kappa shape index (κ3) is 25.8. The Bertz CT molecular complexity index is 1860. The van der Waals surface area contributed by atoms with Crippen LogP contribution in [0.3, 0.4) is 0 Å². The number of rotatable bonds is 34. The van der Waals surface area contributed by atoms with Gasteiger partial charge in [-0.25, -0.2) is 14.2 Å². The van der Waals surface area contributed by atoms with Gasteiger partial charge in [0.05, 0.1) is 12.0 Å². The normalized spacial score (nSPS) is 12.4. The quantitative estimate of drug-likeness (QED) is 0.0259. The number of hydrogen-bond donors (Lipinski definition) is 8. The first-order chi connectivity index (χ1) is 31.0. The van der Waals surface area contributed by atoms with Gasteiger partial charge in [0, 0.05) is 83.7 Å². The molecule has 3 atom stereocenters. The van der Waals surface area contributed by atoms with E-state index >= 15 is 0 Å². The number of aryl methyl sites for hydroxylation is 1. The van der Waals surface area contributed by atoms with Gasteiger partial charge in [-0.1, -0.05) is 43.5 Å². The van der Waals surface area contributed by atoms with Gasteiger partial charge in [-0.05, 0) is 93.8 Å². The van der Waals surface area contributed by atoms with Crippen LogP contribution in [-0.2, 0) is 35.3 Å². The smallest absolute Gasteiger partial charge is 0.326 e. The fraction of sp³-hybridized carbons (Fsp3) is 0.553. The summed E-state index contributed by atoms with van der Waals surface area (Å²) in [6, 6.07) is 9.40. The molecule has 0 saturated heterocycles. The number of urea groups is 1. The Hall–Kier alpha value is -5.91. The first kappa shape index (κ1) is 55.2. The van der Waals surface area contributed by atoms with Crippen molar-refractivity contribution in [2.45, 2.75) is 128 Å². The second-order valence-electron chi connectivity index (χ2n) is 16.4. The SMILES string of the molecule is CC(=O)[C@H](CCC(=O)O)NC(=O)N[C@@H](CCCCNC(=O)CCCCCCC(=O)CC(CCCCNC(=S)NCCC[n+]1ccc(/C=C/c2ccc(N(C)C)cc2)cc1)C(=O)O)C(=O)O. The minimum atomic E-state index is -1.26. The van der Waals surface area contributed by atoms with E-state index in [0.29, 0.717) is 76.1 Å². The lowest BCUT2D eigenvalue weighted by atomic mass is 9.94. The van der Waals surface area contributed by atoms with Gasteiger partial charge in [0.2, 0.25) is 5.91 Å². The number of Topliss-reactive ketones (excluding diaryl/α,β-unsaturated/α-hetero) is 2. The van der Waals surface area contributed by atoms with Crippen LogP contribution >= 0.6 is 12.2 Å². The summed E-state index contributed by atoms with van der Waals surface area (Å²) in [5.41, 5.74) is 3.43. The molecule has 17 nitrogen and oxygen atoms in total. The van der Waals surface area contributed by atoms with Gasteiger partial charge in [-0.2, -0.15) is 0 Å². The van der Waals surface area contributed by atoms with Gasteiger partial charge in [0.15, 0.2) is 23.3 Å². The van der Waals surface area contributed by atoms with Crippen molar-refractivity contribution in [3.8, 4) is 0 Å². The molecule has 358 valence electrons. The predicted molar refractivity (Wildman–Crippen MR) is 253 cm³/mol. The Morgan fingerprint density at radius 3 is 1.80 bits per heavy atom. The van der Waals surface area contributed by atoms with Crippen molar-refractivity contribution in [3.63, 3.8) is 0 Å². The second kappa shape index (κ2) is 31.9. The third-order valence-electron chi connectivity index (χ3n) is 10.7. The van der Waals surface area contributed by atoms with Crippen LogP contribution in [0, 0.1) is 5.92 Å². The lowest BCUT2D eigenvalue weighted by Crippen LogP contribution is -2.50. The number of aromatic nitrogens is 1. The molecule has 0 aliphatic rings. The van der Waals surface area contributed by atoms with E-state index in [0.717, 1.165) is 49.0 Å². The summed E-state index contributed by atoms with van der Waals surface area (Å²) in [7, 11) is 4.05. The molecule has 0 fully saturated rings. The molecule has 0 aliphatic heterocycles. The number of unbranched alkanes of at least 4 members (excludes halogenated alkanes) is 5. The number of carbonyl (C=O) groups excluding carboxylic acids is 4. The topological polar surface area (TPSA) is 247 Å². The number of nitrogens with zero attached hydrogens (tertiary/aromatic N) is 2. The number of amides is 3. The third-order valence-corrected chi connectivity index (χ3v) is 10.9. The zero-order valence-electron chi connectivity index (χ0n) is 38.1. The molecule has 1 unspecified atom stereocenters. The summed E-state index contributed by atoms with van der Waals surface area (Å²) in [6.45, 7) is 3.68. The first-order valence-corrected chi connectivity index (χ1v) is 22.9. The molecule has 1 aromatic carbocycles. The number of benzene rings is 1. The van der Waals surface area contributed by atoms with E-state index in [9.17, 15) is 43.8 Å². The number of carboxylic acids is 3. The highest BCUT2D eigenvalue weighted by Crippen LogP contribution is 2.17. The van der Waals surface area contributed by atoms with E-state index in [1.54, 1.807) is 0 Å². The maximum atomic E-state index is 12.6. The average molecular weight is 925 g/mol. The van der Waals surface area contributed by atoms with E-state index < -0.39 is 47.7 Å². The molecule has 18 heteroatoms. The van der Waals surface area contributed by atoms with Gasteiger partial charge in [0.25, 0.3) is 0 Å². The van der Waals surface area contributed by atoms with E-state index in [-0.39, 0.29) is 37.4 Å². The summed E-state index contributed by atoms with van der Waals surface area (Å²) >= 11 is 5.40. The van der Waals surface area contributed by atoms with Crippen molar-refractivity contribution in [1.82, 2.24) is 26.6 Å². The first-order valence-electron chi connectivity index (χ1n) is 22.5. The van der Waals surface area contributed by atoms with Gasteiger partial charge in [-0.3, -0.25) is 24.0 Å². The van der Waals surface area contributed by atoms with Crippen molar-refractivity contribution in [2.75, 3.05) is 38.6 Å². The van der Waals surface area contributed by atoms with Crippen LogP contribution in [0.5, 0.6) is 0 Å². The molecular weight excluding hydrogens is 855 g/mol. The maximum absolute atomic E-state index is 12.6. The van der Waals surface area contributed by atoms with Crippen molar-refractivity contribution in [1.29, 1.82) is 0 Å². The van der Waals surface area contributed by atoms with Gasteiger partial charge >= 0.3 is 23.9 Å². The minimum absolute atomic E-state index is 0.000344. The summed E-state index contributed by atoms with van der Waals surface area (Å²) in [4.78, 5) is 85.1.